The van der Waals surface area contributed by atoms with Gasteiger partial charge in [0.05, 0.1) is 15.2 Å². The van der Waals surface area contributed by atoms with Crippen LogP contribution in [0.2, 0.25) is 5.02 Å². The third-order valence-corrected chi connectivity index (χ3v) is 6.30. The Morgan fingerprint density at radius 1 is 1.31 bits per heavy atom. The van der Waals surface area contributed by atoms with Gasteiger partial charge in [0.2, 0.25) is 0 Å². The summed E-state index contributed by atoms with van der Waals surface area (Å²) in [6.07, 6.45) is 0. The first kappa shape index (κ1) is 11.9. The van der Waals surface area contributed by atoms with Crippen molar-refractivity contribution in [3.8, 4) is 0 Å². The Hall–Kier alpha value is -0.580. The van der Waals surface area contributed by atoms with Crippen molar-refractivity contribution in [2.24, 2.45) is 11.7 Å². The molecule has 0 saturated carbocycles. The molecule has 3 unspecified atom stereocenters. The van der Waals surface area contributed by atoms with E-state index in [9.17, 15) is 8.42 Å². The van der Waals surface area contributed by atoms with Crippen LogP contribution in [0.5, 0.6) is 0 Å². The summed E-state index contributed by atoms with van der Waals surface area (Å²) in [5.74, 6) is -0.101. The molecule has 1 heterocycles. The summed E-state index contributed by atoms with van der Waals surface area (Å²) in [7, 11) is -3.35. The number of sulfone groups is 1. The first-order chi connectivity index (χ1) is 7.37. The standard InChI is InChI=1S/C11H14ClNO2S/c1-6-7(2)16(14,15)11-8(10(6)13)4-3-5-9(11)12/h3-7,10H,13H2,1-2H3. The second kappa shape index (κ2) is 3.72. The summed E-state index contributed by atoms with van der Waals surface area (Å²) in [6, 6.07) is 4.80. The molecule has 0 amide bonds. The summed E-state index contributed by atoms with van der Waals surface area (Å²) in [4.78, 5) is 0.217. The number of fused-ring (bicyclic) bond motifs is 1. The molecule has 0 fully saturated rings. The van der Waals surface area contributed by atoms with E-state index in [4.69, 9.17) is 17.3 Å². The minimum absolute atomic E-state index is 0.101. The van der Waals surface area contributed by atoms with E-state index in [1.807, 2.05) is 6.92 Å². The van der Waals surface area contributed by atoms with Gasteiger partial charge in [-0.3, -0.25) is 0 Å². The van der Waals surface area contributed by atoms with Crippen molar-refractivity contribution in [1.82, 2.24) is 0 Å². The fraction of sp³-hybridized carbons (Fsp3) is 0.455. The molecule has 0 aliphatic carbocycles. The lowest BCUT2D eigenvalue weighted by atomic mass is 9.92. The molecule has 3 nitrogen and oxygen atoms in total. The highest BCUT2D eigenvalue weighted by atomic mass is 35.5. The highest BCUT2D eigenvalue weighted by Gasteiger charge is 2.41. The molecule has 1 aromatic rings. The first-order valence-corrected chi connectivity index (χ1v) is 7.07. The van der Waals surface area contributed by atoms with E-state index in [1.165, 1.54) is 0 Å². The van der Waals surface area contributed by atoms with E-state index in [0.717, 1.165) is 0 Å². The van der Waals surface area contributed by atoms with Gasteiger partial charge in [0.15, 0.2) is 9.84 Å². The van der Waals surface area contributed by atoms with Gasteiger partial charge in [-0.25, -0.2) is 8.42 Å². The second-order valence-corrected chi connectivity index (χ2v) is 6.94. The summed E-state index contributed by atoms with van der Waals surface area (Å²) >= 11 is 5.97. The highest BCUT2D eigenvalue weighted by Crippen LogP contribution is 2.41. The Balaban J connectivity index is 2.80. The quantitative estimate of drug-likeness (QED) is 0.777. The van der Waals surface area contributed by atoms with Crippen LogP contribution in [-0.2, 0) is 9.84 Å². The van der Waals surface area contributed by atoms with Crippen molar-refractivity contribution in [2.45, 2.75) is 30.0 Å². The molecule has 2 N–H and O–H groups in total. The molecule has 0 saturated heterocycles. The summed E-state index contributed by atoms with van der Waals surface area (Å²) in [5.41, 5.74) is 6.68. The topological polar surface area (TPSA) is 60.2 Å². The Morgan fingerprint density at radius 3 is 2.56 bits per heavy atom. The molecule has 3 atom stereocenters. The predicted octanol–water partition coefficient (Wildman–Crippen LogP) is 2.15. The van der Waals surface area contributed by atoms with Gasteiger partial charge < -0.3 is 5.73 Å². The molecule has 5 heteroatoms. The monoisotopic (exact) mass is 259 g/mol. The molecule has 2 rings (SSSR count). The Labute approximate surface area is 101 Å². The molecule has 1 aliphatic heterocycles. The minimum Gasteiger partial charge on any atom is -0.324 e. The van der Waals surface area contributed by atoms with Gasteiger partial charge in [-0.1, -0.05) is 30.7 Å². The van der Waals surface area contributed by atoms with Gasteiger partial charge in [0.25, 0.3) is 0 Å². The third-order valence-electron chi connectivity index (χ3n) is 3.44. The fourth-order valence-electron chi connectivity index (χ4n) is 2.13. The molecule has 1 aliphatic rings. The molecule has 0 bridgehead atoms. The number of nitrogens with two attached hydrogens (primary N) is 1. The Bertz CT molecular complexity index is 527. The van der Waals surface area contributed by atoms with Crippen LogP contribution in [0.25, 0.3) is 0 Å². The Morgan fingerprint density at radius 2 is 1.94 bits per heavy atom. The third kappa shape index (κ3) is 1.48. The highest BCUT2D eigenvalue weighted by molar-refractivity contribution is 7.92. The lowest BCUT2D eigenvalue weighted by Gasteiger charge is -2.33. The van der Waals surface area contributed by atoms with Crippen molar-refractivity contribution in [2.75, 3.05) is 0 Å². The fourth-order valence-corrected chi connectivity index (χ4v) is 4.62. The van der Waals surface area contributed by atoms with Crippen LogP contribution in [0, 0.1) is 5.92 Å². The molecule has 16 heavy (non-hydrogen) atoms. The maximum absolute atomic E-state index is 12.2. The lowest BCUT2D eigenvalue weighted by Crippen LogP contribution is -2.39. The average molecular weight is 260 g/mol. The Kier molecular flexibility index (Phi) is 2.77. The number of benzene rings is 1. The van der Waals surface area contributed by atoms with E-state index in [2.05, 4.69) is 0 Å². The van der Waals surface area contributed by atoms with Crippen LogP contribution in [0.3, 0.4) is 0 Å². The van der Waals surface area contributed by atoms with Crippen LogP contribution in [0.15, 0.2) is 23.1 Å². The zero-order chi connectivity index (χ0) is 12.1. The lowest BCUT2D eigenvalue weighted by molar-refractivity contribution is 0.425. The normalized spacial score (nSPS) is 32.1. The largest absolute Gasteiger partial charge is 0.324 e. The number of hydrogen-bond donors (Lipinski definition) is 1. The predicted molar refractivity (Wildman–Crippen MR) is 64.2 cm³/mol. The van der Waals surface area contributed by atoms with E-state index in [0.29, 0.717) is 5.56 Å². The smallest absolute Gasteiger partial charge is 0.183 e. The van der Waals surface area contributed by atoms with Gasteiger partial charge in [-0.05, 0) is 24.5 Å². The van der Waals surface area contributed by atoms with Crippen LogP contribution in [0.4, 0.5) is 0 Å². The van der Waals surface area contributed by atoms with Crippen LogP contribution >= 0.6 is 11.6 Å². The van der Waals surface area contributed by atoms with E-state index in [-0.39, 0.29) is 21.9 Å². The molecule has 0 aromatic heterocycles. The van der Waals surface area contributed by atoms with Crippen LogP contribution < -0.4 is 5.73 Å². The molecular weight excluding hydrogens is 246 g/mol. The number of halogens is 1. The van der Waals surface area contributed by atoms with Gasteiger partial charge in [0.1, 0.15) is 0 Å². The van der Waals surface area contributed by atoms with Gasteiger partial charge in [-0.2, -0.15) is 0 Å². The number of rotatable bonds is 0. The summed E-state index contributed by atoms with van der Waals surface area (Å²) in [6.45, 7) is 3.54. The first-order valence-electron chi connectivity index (χ1n) is 5.15. The van der Waals surface area contributed by atoms with Crippen molar-refractivity contribution in [1.29, 1.82) is 0 Å². The van der Waals surface area contributed by atoms with Crippen molar-refractivity contribution in [3.63, 3.8) is 0 Å². The van der Waals surface area contributed by atoms with Crippen molar-refractivity contribution >= 4 is 21.4 Å². The molecule has 88 valence electrons. The maximum Gasteiger partial charge on any atom is 0.183 e. The van der Waals surface area contributed by atoms with Gasteiger partial charge in [0, 0.05) is 6.04 Å². The van der Waals surface area contributed by atoms with E-state index < -0.39 is 15.1 Å². The van der Waals surface area contributed by atoms with E-state index >= 15 is 0 Å². The number of hydrogen-bond acceptors (Lipinski definition) is 3. The average Bonchev–Trinajstić information content (AvgIpc) is 2.23. The molecule has 0 spiro atoms. The molecular formula is C11H14ClNO2S. The second-order valence-electron chi connectivity index (χ2n) is 4.29. The molecule has 0 radical (unpaired) electrons. The summed E-state index contributed by atoms with van der Waals surface area (Å²) < 4.78 is 24.5. The minimum atomic E-state index is -3.35. The van der Waals surface area contributed by atoms with Crippen molar-refractivity contribution in [3.05, 3.63) is 28.8 Å². The van der Waals surface area contributed by atoms with E-state index in [1.54, 1.807) is 25.1 Å². The van der Waals surface area contributed by atoms with Crippen LogP contribution in [0.1, 0.15) is 25.5 Å². The zero-order valence-corrected chi connectivity index (χ0v) is 10.7. The maximum atomic E-state index is 12.2. The summed E-state index contributed by atoms with van der Waals surface area (Å²) in [5, 5.41) is -0.221. The van der Waals surface area contributed by atoms with Crippen LogP contribution in [-0.4, -0.2) is 13.7 Å². The van der Waals surface area contributed by atoms with Gasteiger partial charge in [-0.15, -0.1) is 0 Å². The van der Waals surface area contributed by atoms with Gasteiger partial charge >= 0.3 is 0 Å². The zero-order valence-electron chi connectivity index (χ0n) is 9.14. The van der Waals surface area contributed by atoms with Crippen molar-refractivity contribution < 1.29 is 8.42 Å². The molecule has 1 aromatic carbocycles. The SMILES string of the molecule is CC1C(N)c2cccc(Cl)c2S(=O)(=O)C1C.